The number of aromatic nitrogens is 2. The normalized spacial score (nSPS) is 10.9. The number of hydrogen-bond donors (Lipinski definition) is 3. The number of nitrogens with zero attached hydrogens (tertiary/aromatic N) is 1. The largest absolute Gasteiger partial charge is 0.397 e. The van der Waals surface area contributed by atoms with E-state index >= 15 is 0 Å². The Bertz CT molecular complexity index is 758. The van der Waals surface area contributed by atoms with Crippen molar-refractivity contribution in [2.45, 2.75) is 20.4 Å². The van der Waals surface area contributed by atoms with Gasteiger partial charge < -0.3 is 16.0 Å². The van der Waals surface area contributed by atoms with Gasteiger partial charge in [0.15, 0.2) is 0 Å². The van der Waals surface area contributed by atoms with Crippen molar-refractivity contribution in [1.82, 2.24) is 9.97 Å². The van der Waals surface area contributed by atoms with Crippen LogP contribution in [0.15, 0.2) is 36.4 Å². The lowest BCUT2D eigenvalue weighted by atomic mass is 10.1. The van der Waals surface area contributed by atoms with Crippen LogP contribution in [0.5, 0.6) is 0 Å². The van der Waals surface area contributed by atoms with Crippen LogP contribution >= 0.6 is 0 Å². The molecule has 1 heterocycles. The summed E-state index contributed by atoms with van der Waals surface area (Å²) in [6, 6.07) is 12.3. The molecule has 2 aromatic carbocycles. The van der Waals surface area contributed by atoms with Crippen LogP contribution in [0.3, 0.4) is 0 Å². The smallest absolute Gasteiger partial charge is 0.104 e. The van der Waals surface area contributed by atoms with Gasteiger partial charge in [0.05, 0.1) is 22.4 Å². The Morgan fingerprint density at radius 2 is 2.00 bits per heavy atom. The fourth-order valence-corrected chi connectivity index (χ4v) is 2.33. The van der Waals surface area contributed by atoms with Crippen molar-refractivity contribution < 1.29 is 0 Å². The first-order valence-corrected chi connectivity index (χ1v) is 6.67. The lowest BCUT2D eigenvalue weighted by Crippen LogP contribution is -2.02. The molecule has 0 fully saturated rings. The topological polar surface area (TPSA) is 66.7 Å². The Labute approximate surface area is 118 Å². The highest BCUT2D eigenvalue weighted by Gasteiger charge is 2.02. The van der Waals surface area contributed by atoms with E-state index in [0.29, 0.717) is 0 Å². The summed E-state index contributed by atoms with van der Waals surface area (Å²) in [6.07, 6.45) is 0. The number of benzene rings is 2. The molecule has 0 aliphatic rings. The molecule has 0 aliphatic heterocycles. The molecule has 0 atom stereocenters. The minimum Gasteiger partial charge on any atom is -0.397 e. The molecule has 3 rings (SSSR count). The van der Waals surface area contributed by atoms with E-state index in [2.05, 4.69) is 33.5 Å². The maximum atomic E-state index is 6.00. The first kappa shape index (κ1) is 12.5. The number of imidazole rings is 1. The SMILES string of the molecule is Cc1ccc(NCc2ccc3nc(C)[nH]c3c2)c(N)c1. The van der Waals surface area contributed by atoms with E-state index in [-0.39, 0.29) is 0 Å². The zero-order valence-corrected chi connectivity index (χ0v) is 11.7. The van der Waals surface area contributed by atoms with Gasteiger partial charge in [-0.05, 0) is 49.2 Å². The highest BCUT2D eigenvalue weighted by Crippen LogP contribution is 2.21. The van der Waals surface area contributed by atoms with E-state index in [4.69, 9.17) is 5.73 Å². The molecular formula is C16H18N4. The highest BCUT2D eigenvalue weighted by atomic mass is 14.9. The lowest BCUT2D eigenvalue weighted by molar-refractivity contribution is 1.15. The molecule has 4 heteroatoms. The molecule has 3 aromatic rings. The fourth-order valence-electron chi connectivity index (χ4n) is 2.33. The number of nitrogens with one attached hydrogen (secondary N) is 2. The van der Waals surface area contributed by atoms with Gasteiger partial charge in [-0.25, -0.2) is 4.98 Å². The second-order valence-electron chi connectivity index (χ2n) is 5.12. The van der Waals surface area contributed by atoms with Crippen molar-refractivity contribution in [3.8, 4) is 0 Å². The zero-order chi connectivity index (χ0) is 14.1. The molecule has 0 amide bonds. The van der Waals surface area contributed by atoms with Crippen LogP contribution in [0.1, 0.15) is 17.0 Å². The Morgan fingerprint density at radius 1 is 1.15 bits per heavy atom. The van der Waals surface area contributed by atoms with Crippen molar-refractivity contribution in [2.24, 2.45) is 0 Å². The summed E-state index contributed by atoms with van der Waals surface area (Å²) in [5.41, 5.74) is 12.2. The number of hydrogen-bond acceptors (Lipinski definition) is 3. The fraction of sp³-hybridized carbons (Fsp3) is 0.188. The van der Waals surface area contributed by atoms with Gasteiger partial charge in [0.25, 0.3) is 0 Å². The monoisotopic (exact) mass is 266 g/mol. The van der Waals surface area contributed by atoms with Gasteiger partial charge >= 0.3 is 0 Å². The number of nitrogens with two attached hydrogens (primary N) is 1. The predicted octanol–water partition coefficient (Wildman–Crippen LogP) is 3.37. The van der Waals surface area contributed by atoms with Crippen LogP contribution in [0.4, 0.5) is 11.4 Å². The standard InChI is InChI=1S/C16H18N4/c1-10-3-5-14(13(17)7-10)18-9-12-4-6-15-16(8-12)20-11(2)19-15/h3-8,18H,9,17H2,1-2H3,(H,19,20). The maximum absolute atomic E-state index is 6.00. The van der Waals surface area contributed by atoms with E-state index < -0.39 is 0 Å². The van der Waals surface area contributed by atoms with Crippen molar-refractivity contribution in [2.75, 3.05) is 11.1 Å². The number of rotatable bonds is 3. The molecule has 0 saturated carbocycles. The molecule has 0 radical (unpaired) electrons. The minimum atomic E-state index is 0.737. The summed E-state index contributed by atoms with van der Waals surface area (Å²) < 4.78 is 0. The Kier molecular flexibility index (Phi) is 3.06. The third-order valence-electron chi connectivity index (χ3n) is 3.35. The number of aromatic amines is 1. The molecule has 0 aliphatic carbocycles. The Balaban J connectivity index is 1.79. The number of aryl methyl sites for hydroxylation is 2. The number of fused-ring (bicyclic) bond motifs is 1. The number of nitrogen functional groups attached to an aromatic ring is 1. The second-order valence-corrected chi connectivity index (χ2v) is 5.12. The third-order valence-corrected chi connectivity index (χ3v) is 3.35. The van der Waals surface area contributed by atoms with Crippen molar-refractivity contribution in [1.29, 1.82) is 0 Å². The molecule has 4 nitrogen and oxygen atoms in total. The maximum Gasteiger partial charge on any atom is 0.104 e. The van der Waals surface area contributed by atoms with Crippen LogP contribution < -0.4 is 11.1 Å². The summed E-state index contributed by atoms with van der Waals surface area (Å²) in [7, 11) is 0. The van der Waals surface area contributed by atoms with Crippen LogP contribution in [0.25, 0.3) is 11.0 Å². The number of H-pyrrole nitrogens is 1. The molecule has 0 spiro atoms. The van der Waals surface area contributed by atoms with Gasteiger partial charge in [-0.15, -0.1) is 0 Å². The highest BCUT2D eigenvalue weighted by molar-refractivity contribution is 5.76. The van der Waals surface area contributed by atoms with Gasteiger partial charge in [-0.1, -0.05) is 12.1 Å². The van der Waals surface area contributed by atoms with E-state index in [0.717, 1.165) is 34.8 Å². The third kappa shape index (κ3) is 2.45. The molecule has 4 N–H and O–H groups in total. The van der Waals surface area contributed by atoms with E-state index in [1.807, 2.05) is 32.0 Å². The van der Waals surface area contributed by atoms with Crippen LogP contribution in [-0.2, 0) is 6.54 Å². The molecule has 0 unspecified atom stereocenters. The average Bonchev–Trinajstić information content (AvgIpc) is 2.77. The second kappa shape index (κ2) is 4.89. The minimum absolute atomic E-state index is 0.737. The quantitative estimate of drug-likeness (QED) is 0.637. The number of anilines is 2. The molecule has 0 saturated heterocycles. The van der Waals surface area contributed by atoms with Gasteiger partial charge in [0, 0.05) is 6.54 Å². The molecule has 1 aromatic heterocycles. The Morgan fingerprint density at radius 3 is 2.80 bits per heavy atom. The van der Waals surface area contributed by atoms with E-state index in [1.165, 1.54) is 11.1 Å². The van der Waals surface area contributed by atoms with Gasteiger partial charge in [0.1, 0.15) is 5.82 Å². The average molecular weight is 266 g/mol. The lowest BCUT2D eigenvalue weighted by Gasteiger charge is -2.10. The molecule has 0 bridgehead atoms. The summed E-state index contributed by atoms with van der Waals surface area (Å²) in [5.74, 6) is 0.938. The van der Waals surface area contributed by atoms with Crippen LogP contribution in [0.2, 0.25) is 0 Å². The summed E-state index contributed by atoms with van der Waals surface area (Å²) >= 11 is 0. The Hall–Kier alpha value is -2.49. The van der Waals surface area contributed by atoms with Gasteiger partial charge in [-0.3, -0.25) is 0 Å². The molecular weight excluding hydrogens is 248 g/mol. The van der Waals surface area contributed by atoms with Crippen LogP contribution in [-0.4, -0.2) is 9.97 Å². The molecule has 102 valence electrons. The van der Waals surface area contributed by atoms with Crippen molar-refractivity contribution in [3.63, 3.8) is 0 Å². The van der Waals surface area contributed by atoms with Gasteiger partial charge in [-0.2, -0.15) is 0 Å². The predicted molar refractivity (Wildman–Crippen MR) is 83.7 cm³/mol. The van der Waals surface area contributed by atoms with E-state index in [1.54, 1.807) is 0 Å². The summed E-state index contributed by atoms with van der Waals surface area (Å²) in [6.45, 7) is 4.74. The van der Waals surface area contributed by atoms with Crippen LogP contribution in [0, 0.1) is 13.8 Å². The summed E-state index contributed by atoms with van der Waals surface area (Å²) in [5, 5.41) is 3.37. The first-order chi connectivity index (χ1) is 9.61. The van der Waals surface area contributed by atoms with Crippen molar-refractivity contribution >= 4 is 22.4 Å². The zero-order valence-electron chi connectivity index (χ0n) is 11.7. The van der Waals surface area contributed by atoms with Gasteiger partial charge in [0.2, 0.25) is 0 Å². The first-order valence-electron chi connectivity index (χ1n) is 6.67. The molecule has 20 heavy (non-hydrogen) atoms. The van der Waals surface area contributed by atoms with Crippen molar-refractivity contribution in [3.05, 3.63) is 53.3 Å². The van der Waals surface area contributed by atoms with E-state index in [9.17, 15) is 0 Å². The summed E-state index contributed by atoms with van der Waals surface area (Å²) in [4.78, 5) is 7.65.